The summed E-state index contributed by atoms with van der Waals surface area (Å²) >= 11 is 0. The summed E-state index contributed by atoms with van der Waals surface area (Å²) < 4.78 is 48.5. The second-order valence-electron chi connectivity index (χ2n) is 11.4. The van der Waals surface area contributed by atoms with Gasteiger partial charge in [0.25, 0.3) is 5.91 Å². The SMILES string of the molecule is O=C(Nc1cccc(-c2ccc3ccn(-c4cc(NC(=O)C5CC5)ncn4)c3c2)c1)c1cc(N2CCOCC2)cc(C(F)(F)F)c1. The number of alkyl halides is 3. The number of fused-ring (bicyclic) bond motifs is 1. The molecule has 5 aromatic rings. The van der Waals surface area contributed by atoms with Crippen LogP contribution in [0, 0.1) is 5.92 Å². The van der Waals surface area contributed by atoms with E-state index in [0.717, 1.165) is 47.0 Å². The number of benzene rings is 3. The van der Waals surface area contributed by atoms with Gasteiger partial charge in [0.15, 0.2) is 0 Å². The molecule has 1 aliphatic carbocycles. The smallest absolute Gasteiger partial charge is 0.378 e. The molecule has 2 aromatic heterocycles. The van der Waals surface area contributed by atoms with Crippen molar-refractivity contribution in [3.8, 4) is 16.9 Å². The highest BCUT2D eigenvalue weighted by molar-refractivity contribution is 6.05. The zero-order chi connectivity index (χ0) is 31.8. The third-order valence-electron chi connectivity index (χ3n) is 8.13. The van der Waals surface area contributed by atoms with Crippen molar-refractivity contribution in [3.05, 3.63) is 96.4 Å². The van der Waals surface area contributed by atoms with E-state index in [9.17, 15) is 22.8 Å². The number of nitrogens with zero attached hydrogens (tertiary/aromatic N) is 4. The molecule has 1 saturated carbocycles. The predicted molar refractivity (Wildman–Crippen MR) is 168 cm³/mol. The van der Waals surface area contributed by atoms with Gasteiger partial charge in [0, 0.05) is 53.6 Å². The minimum absolute atomic E-state index is 0.0399. The third-order valence-corrected chi connectivity index (χ3v) is 8.13. The molecule has 9 nitrogen and oxygen atoms in total. The van der Waals surface area contributed by atoms with Crippen LogP contribution in [-0.4, -0.2) is 52.7 Å². The maximum atomic E-state index is 13.8. The topological polar surface area (TPSA) is 101 Å². The largest absolute Gasteiger partial charge is 0.416 e. The van der Waals surface area contributed by atoms with Crippen LogP contribution in [0.25, 0.3) is 27.8 Å². The van der Waals surface area contributed by atoms with Gasteiger partial charge >= 0.3 is 6.18 Å². The van der Waals surface area contributed by atoms with Crippen LogP contribution in [0.2, 0.25) is 0 Å². The van der Waals surface area contributed by atoms with Gasteiger partial charge in [-0.15, -0.1) is 0 Å². The van der Waals surface area contributed by atoms with Gasteiger partial charge in [-0.25, -0.2) is 9.97 Å². The predicted octanol–water partition coefficient (Wildman–Crippen LogP) is 6.54. The number of ether oxygens (including phenoxy) is 1. The molecule has 2 aliphatic rings. The molecule has 234 valence electrons. The lowest BCUT2D eigenvalue weighted by atomic mass is 10.0. The van der Waals surface area contributed by atoms with Gasteiger partial charge in [0.05, 0.1) is 24.3 Å². The number of aromatic nitrogens is 3. The maximum Gasteiger partial charge on any atom is 0.416 e. The van der Waals surface area contributed by atoms with Crippen LogP contribution in [-0.2, 0) is 15.7 Å². The van der Waals surface area contributed by atoms with Crippen molar-refractivity contribution < 1.29 is 27.5 Å². The van der Waals surface area contributed by atoms with E-state index in [-0.39, 0.29) is 17.4 Å². The zero-order valence-electron chi connectivity index (χ0n) is 24.6. The van der Waals surface area contributed by atoms with Gasteiger partial charge in [-0.05, 0) is 66.4 Å². The Labute approximate surface area is 262 Å². The second kappa shape index (κ2) is 11.9. The quantitative estimate of drug-likeness (QED) is 0.213. The molecule has 1 aliphatic heterocycles. The summed E-state index contributed by atoms with van der Waals surface area (Å²) in [4.78, 5) is 35.9. The highest BCUT2D eigenvalue weighted by atomic mass is 19.4. The first-order valence-corrected chi connectivity index (χ1v) is 14.9. The first kappa shape index (κ1) is 29.5. The molecule has 0 spiro atoms. The minimum Gasteiger partial charge on any atom is -0.378 e. The number of nitrogens with one attached hydrogen (secondary N) is 2. The van der Waals surface area contributed by atoms with Gasteiger partial charge in [0.1, 0.15) is 18.0 Å². The molecular weight excluding hydrogens is 597 g/mol. The van der Waals surface area contributed by atoms with Crippen molar-refractivity contribution in [2.45, 2.75) is 19.0 Å². The van der Waals surface area contributed by atoms with Gasteiger partial charge in [0.2, 0.25) is 5.91 Å². The van der Waals surface area contributed by atoms with E-state index in [1.165, 1.54) is 12.4 Å². The average molecular weight is 627 g/mol. The number of hydrogen-bond donors (Lipinski definition) is 2. The average Bonchev–Trinajstić information content (AvgIpc) is 3.84. The van der Waals surface area contributed by atoms with Crippen molar-refractivity contribution in [3.63, 3.8) is 0 Å². The lowest BCUT2D eigenvalue weighted by Gasteiger charge is -2.29. The molecule has 3 aromatic carbocycles. The minimum atomic E-state index is -4.61. The number of halogens is 3. The lowest BCUT2D eigenvalue weighted by molar-refractivity contribution is -0.137. The van der Waals surface area contributed by atoms with E-state index >= 15 is 0 Å². The van der Waals surface area contributed by atoms with E-state index in [2.05, 4.69) is 20.6 Å². The van der Waals surface area contributed by atoms with E-state index in [1.807, 2.05) is 41.1 Å². The summed E-state index contributed by atoms with van der Waals surface area (Å²) in [6, 6.07) is 20.2. The Kier molecular flexibility index (Phi) is 7.65. The Morgan fingerprint density at radius 2 is 1.67 bits per heavy atom. The van der Waals surface area contributed by atoms with Crippen molar-refractivity contribution in [2.75, 3.05) is 41.8 Å². The molecule has 12 heteroatoms. The molecule has 0 bridgehead atoms. The van der Waals surface area contributed by atoms with Crippen LogP contribution in [0.1, 0.15) is 28.8 Å². The number of amides is 2. The summed E-state index contributed by atoms with van der Waals surface area (Å²) in [5, 5.41) is 6.60. The highest BCUT2D eigenvalue weighted by Crippen LogP contribution is 2.34. The molecule has 2 amide bonds. The number of anilines is 3. The summed E-state index contributed by atoms with van der Waals surface area (Å²) in [6.07, 6.45) is 0.473. The summed E-state index contributed by atoms with van der Waals surface area (Å²) in [5.74, 6) is 0.386. The van der Waals surface area contributed by atoms with Crippen LogP contribution < -0.4 is 15.5 Å². The Balaban J connectivity index is 1.15. The van der Waals surface area contributed by atoms with Crippen molar-refractivity contribution in [2.24, 2.45) is 5.92 Å². The molecular formula is C34H29F3N6O3. The first-order valence-electron chi connectivity index (χ1n) is 14.9. The Morgan fingerprint density at radius 3 is 2.46 bits per heavy atom. The maximum absolute atomic E-state index is 13.8. The fourth-order valence-electron chi connectivity index (χ4n) is 5.52. The standard InChI is InChI=1S/C34H29F3N6O3/c35-34(36,37)26-14-25(16-28(18-26)42-10-12-46-13-11-42)33(45)40-27-3-1-2-23(15-27)24-7-4-21-8-9-43(29(21)17-24)31-19-30(38-20-39-31)41-32(44)22-5-6-22/h1-4,7-9,14-20,22H,5-6,10-13H2,(H,40,45)(H,38,39,41,44). The first-order chi connectivity index (χ1) is 22.2. The number of carbonyl (C=O) groups is 2. The molecule has 2 N–H and O–H groups in total. The van der Waals surface area contributed by atoms with Crippen LogP contribution in [0.4, 0.5) is 30.4 Å². The monoisotopic (exact) mass is 626 g/mol. The Hall–Kier alpha value is -5.23. The van der Waals surface area contributed by atoms with Gasteiger partial charge < -0.3 is 24.8 Å². The van der Waals surface area contributed by atoms with Crippen LogP contribution >= 0.6 is 0 Å². The normalized spacial score (nSPS) is 15.2. The zero-order valence-corrected chi connectivity index (χ0v) is 24.6. The molecule has 7 rings (SSSR count). The van der Waals surface area contributed by atoms with E-state index in [4.69, 9.17) is 4.74 Å². The van der Waals surface area contributed by atoms with Crippen LogP contribution in [0.5, 0.6) is 0 Å². The number of morpholine rings is 1. The fourth-order valence-corrected chi connectivity index (χ4v) is 5.52. The lowest BCUT2D eigenvalue weighted by Crippen LogP contribution is -2.36. The van der Waals surface area contributed by atoms with Crippen molar-refractivity contribution >= 4 is 39.9 Å². The molecule has 0 radical (unpaired) electrons. The highest BCUT2D eigenvalue weighted by Gasteiger charge is 2.33. The molecule has 1 saturated heterocycles. The molecule has 2 fully saturated rings. The van der Waals surface area contributed by atoms with Crippen molar-refractivity contribution in [1.29, 1.82) is 0 Å². The van der Waals surface area contributed by atoms with E-state index in [1.54, 1.807) is 29.2 Å². The van der Waals surface area contributed by atoms with Crippen molar-refractivity contribution in [1.82, 2.24) is 14.5 Å². The van der Waals surface area contributed by atoms with Gasteiger partial charge in [-0.3, -0.25) is 9.59 Å². The number of hydrogen-bond acceptors (Lipinski definition) is 6. The van der Waals surface area contributed by atoms with Gasteiger partial charge in [-0.1, -0.05) is 24.3 Å². The Morgan fingerprint density at radius 1 is 0.870 bits per heavy atom. The van der Waals surface area contributed by atoms with E-state index < -0.39 is 17.6 Å². The molecule has 0 unspecified atom stereocenters. The number of rotatable bonds is 7. The second-order valence-corrected chi connectivity index (χ2v) is 11.4. The summed E-state index contributed by atoms with van der Waals surface area (Å²) in [7, 11) is 0. The van der Waals surface area contributed by atoms with Gasteiger partial charge in [-0.2, -0.15) is 13.2 Å². The number of carbonyl (C=O) groups excluding carboxylic acids is 2. The summed E-state index contributed by atoms with van der Waals surface area (Å²) in [6.45, 7) is 1.68. The molecule has 3 heterocycles. The molecule has 0 atom stereocenters. The third kappa shape index (κ3) is 6.29. The van der Waals surface area contributed by atoms with E-state index in [0.29, 0.717) is 49.3 Å². The molecule has 46 heavy (non-hydrogen) atoms. The Bertz CT molecular complexity index is 1950. The summed E-state index contributed by atoms with van der Waals surface area (Å²) in [5.41, 5.74) is 2.32. The fraction of sp³-hybridized carbons (Fsp3) is 0.235. The van der Waals surface area contributed by atoms with Crippen LogP contribution in [0.3, 0.4) is 0 Å². The van der Waals surface area contributed by atoms with Crippen LogP contribution in [0.15, 0.2) is 85.3 Å².